The molecule has 354 valence electrons. The summed E-state index contributed by atoms with van der Waals surface area (Å²) in [6.45, 7) is 0. The van der Waals surface area contributed by atoms with Crippen LogP contribution in [0.3, 0.4) is 0 Å². The van der Waals surface area contributed by atoms with Crippen LogP contribution in [0.25, 0.3) is 111 Å². The van der Waals surface area contributed by atoms with E-state index in [9.17, 15) is 0 Å². The van der Waals surface area contributed by atoms with E-state index in [1.54, 1.807) is 0 Å². The molecule has 3 heteroatoms. The molecule has 0 saturated carbocycles. The van der Waals surface area contributed by atoms with E-state index >= 15 is 0 Å². The fourth-order valence-corrected chi connectivity index (χ4v) is 13.0. The lowest BCUT2D eigenvalue weighted by atomic mass is 9.69. The maximum atomic E-state index is 7.44. The van der Waals surface area contributed by atoms with Crippen molar-refractivity contribution in [1.82, 2.24) is 0 Å². The van der Waals surface area contributed by atoms with E-state index in [1.165, 1.54) is 55.6 Å². The molecule has 1 spiro atoms. The van der Waals surface area contributed by atoms with Crippen molar-refractivity contribution in [3.8, 4) is 66.8 Å². The molecule has 2 heterocycles. The smallest absolute Gasteiger partial charge is 0.143 e. The van der Waals surface area contributed by atoms with Crippen LogP contribution in [0.5, 0.6) is 0 Å². The number of hydrogen-bond donors (Lipinski definition) is 0. The summed E-state index contributed by atoms with van der Waals surface area (Å²) < 4.78 is 14.2. The molecular formula is C73H45NO2. The van der Waals surface area contributed by atoms with E-state index in [0.29, 0.717) is 0 Å². The van der Waals surface area contributed by atoms with Gasteiger partial charge in [-0.15, -0.1) is 0 Å². The predicted octanol–water partition coefficient (Wildman–Crippen LogP) is 20.0. The summed E-state index contributed by atoms with van der Waals surface area (Å²) in [6, 6.07) is 99.3. The molecule has 2 aliphatic carbocycles. The van der Waals surface area contributed by atoms with Gasteiger partial charge in [-0.1, -0.05) is 218 Å². The fourth-order valence-electron chi connectivity index (χ4n) is 13.0. The Bertz CT molecular complexity index is 4610. The van der Waals surface area contributed by atoms with Crippen LogP contribution >= 0.6 is 0 Å². The molecular weight excluding hydrogens is 923 g/mol. The van der Waals surface area contributed by atoms with E-state index < -0.39 is 5.41 Å². The third-order valence-corrected chi connectivity index (χ3v) is 16.3. The first-order valence-corrected chi connectivity index (χ1v) is 26.1. The Balaban J connectivity index is 0.956. The molecule has 0 aliphatic heterocycles. The molecule has 0 fully saturated rings. The Morgan fingerprint density at radius 1 is 0.250 bits per heavy atom. The Hall–Kier alpha value is -9.96. The summed E-state index contributed by atoms with van der Waals surface area (Å²) in [6.07, 6.45) is 0. The SMILES string of the molecule is c1ccc(-c2ccc(N(c3ccccc3)c3ccc(-c4c5c(cc6c4oc4c(-c7ccccc7)cccc46)C4(c6ccccc6-c6ccc(-c7cccc8c7oc7ccccc78)cc64)c4ccccc4-5)cc3)cc2)cc1. The van der Waals surface area contributed by atoms with Crippen molar-refractivity contribution in [2.75, 3.05) is 4.90 Å². The Labute approximate surface area is 439 Å². The van der Waals surface area contributed by atoms with Crippen LogP contribution < -0.4 is 4.90 Å². The van der Waals surface area contributed by atoms with Gasteiger partial charge in [-0.25, -0.2) is 0 Å². The highest BCUT2D eigenvalue weighted by Gasteiger charge is 2.53. The van der Waals surface area contributed by atoms with Gasteiger partial charge < -0.3 is 13.7 Å². The second kappa shape index (κ2) is 16.5. The average Bonchev–Trinajstić information content (AvgIpc) is 4.40. The lowest BCUT2D eigenvalue weighted by Gasteiger charge is -2.31. The maximum Gasteiger partial charge on any atom is 0.143 e. The third-order valence-electron chi connectivity index (χ3n) is 16.3. The van der Waals surface area contributed by atoms with Gasteiger partial charge in [0.2, 0.25) is 0 Å². The molecule has 12 aromatic carbocycles. The summed E-state index contributed by atoms with van der Waals surface area (Å²) in [5.74, 6) is 0. The minimum Gasteiger partial charge on any atom is -0.455 e. The molecule has 3 nitrogen and oxygen atoms in total. The molecule has 76 heavy (non-hydrogen) atoms. The van der Waals surface area contributed by atoms with E-state index in [2.05, 4.69) is 272 Å². The first-order valence-electron chi connectivity index (χ1n) is 26.1. The van der Waals surface area contributed by atoms with Gasteiger partial charge in [0.15, 0.2) is 0 Å². The van der Waals surface area contributed by atoms with Gasteiger partial charge in [-0.2, -0.15) is 0 Å². The number of anilines is 3. The highest BCUT2D eigenvalue weighted by molar-refractivity contribution is 6.18. The number of rotatable bonds is 7. The lowest BCUT2D eigenvalue weighted by Crippen LogP contribution is -2.26. The molecule has 16 rings (SSSR count). The van der Waals surface area contributed by atoms with Gasteiger partial charge in [-0.05, 0) is 127 Å². The van der Waals surface area contributed by atoms with Crippen molar-refractivity contribution in [1.29, 1.82) is 0 Å². The number of furan rings is 2. The van der Waals surface area contributed by atoms with E-state index in [1.807, 2.05) is 6.07 Å². The molecule has 1 atom stereocenters. The van der Waals surface area contributed by atoms with Gasteiger partial charge in [0, 0.05) is 55.3 Å². The van der Waals surface area contributed by atoms with Gasteiger partial charge in [0.1, 0.15) is 22.3 Å². The standard InChI is InChI=1S/C73H45NO2/c1-4-18-46(19-5-1)47-34-39-52(40-35-47)74(51-22-8-3-9-23-51)53-41-36-49(37-42-53)68-69-61-26-11-14-32-64(61)73(66(69)45-62-60-30-16-27-54(71(60)76-72(62)68)48-20-6-2-7-21-48)63-31-13-10-24-56(63)57-43-38-50(44-65(57)73)55-28-17-29-59-58-25-12-15-33-67(58)75-70(55)59/h1-45H. The van der Waals surface area contributed by atoms with Crippen LogP contribution in [0.15, 0.2) is 282 Å². The van der Waals surface area contributed by atoms with Crippen LogP contribution in [0.1, 0.15) is 22.3 Å². The highest BCUT2D eigenvalue weighted by atomic mass is 16.3. The summed E-state index contributed by atoms with van der Waals surface area (Å²) in [5.41, 5.74) is 25.0. The van der Waals surface area contributed by atoms with Gasteiger partial charge >= 0.3 is 0 Å². The molecule has 0 bridgehead atoms. The molecule has 0 saturated heterocycles. The molecule has 14 aromatic rings. The van der Waals surface area contributed by atoms with Gasteiger partial charge in [0.25, 0.3) is 0 Å². The van der Waals surface area contributed by atoms with Gasteiger partial charge in [-0.3, -0.25) is 0 Å². The molecule has 2 aliphatic rings. The molecule has 0 radical (unpaired) electrons. The quantitative estimate of drug-likeness (QED) is 0.159. The normalized spacial score (nSPS) is 14.1. The minimum absolute atomic E-state index is 0.658. The Morgan fingerprint density at radius 3 is 1.46 bits per heavy atom. The van der Waals surface area contributed by atoms with Crippen LogP contribution in [0, 0.1) is 0 Å². The van der Waals surface area contributed by atoms with Crippen molar-refractivity contribution < 1.29 is 8.83 Å². The Kier molecular flexibility index (Phi) is 9.25. The van der Waals surface area contributed by atoms with Crippen molar-refractivity contribution in [3.05, 3.63) is 295 Å². The Morgan fingerprint density at radius 2 is 0.737 bits per heavy atom. The number of para-hydroxylation sites is 4. The van der Waals surface area contributed by atoms with Crippen molar-refractivity contribution >= 4 is 60.9 Å². The second-order valence-electron chi connectivity index (χ2n) is 20.2. The van der Waals surface area contributed by atoms with Gasteiger partial charge in [0.05, 0.1) is 5.41 Å². The third kappa shape index (κ3) is 6.11. The number of benzene rings is 12. The minimum atomic E-state index is -0.658. The molecule has 2 aromatic heterocycles. The number of nitrogens with zero attached hydrogens (tertiary/aromatic N) is 1. The van der Waals surface area contributed by atoms with Crippen LogP contribution in [-0.4, -0.2) is 0 Å². The zero-order chi connectivity index (χ0) is 49.9. The van der Waals surface area contributed by atoms with Crippen LogP contribution in [0.2, 0.25) is 0 Å². The molecule has 0 N–H and O–H groups in total. The highest BCUT2D eigenvalue weighted by Crippen LogP contribution is 2.66. The largest absolute Gasteiger partial charge is 0.455 e. The van der Waals surface area contributed by atoms with Crippen LogP contribution in [-0.2, 0) is 5.41 Å². The lowest BCUT2D eigenvalue weighted by molar-refractivity contribution is 0.670. The monoisotopic (exact) mass is 967 g/mol. The molecule has 0 amide bonds. The summed E-state index contributed by atoms with van der Waals surface area (Å²) in [4.78, 5) is 2.34. The zero-order valence-corrected chi connectivity index (χ0v) is 41.2. The van der Waals surface area contributed by atoms with Crippen molar-refractivity contribution in [3.63, 3.8) is 0 Å². The van der Waals surface area contributed by atoms with Crippen molar-refractivity contribution in [2.24, 2.45) is 0 Å². The topological polar surface area (TPSA) is 29.5 Å². The van der Waals surface area contributed by atoms with Crippen molar-refractivity contribution in [2.45, 2.75) is 5.41 Å². The predicted molar refractivity (Wildman–Crippen MR) is 314 cm³/mol. The van der Waals surface area contributed by atoms with E-state index in [0.717, 1.165) is 94.3 Å². The van der Waals surface area contributed by atoms with E-state index in [4.69, 9.17) is 8.83 Å². The molecule has 1 unspecified atom stereocenters. The number of fused-ring (bicyclic) bond motifs is 16. The second-order valence-corrected chi connectivity index (χ2v) is 20.2. The summed E-state index contributed by atoms with van der Waals surface area (Å²) in [5, 5.41) is 4.43. The first kappa shape index (κ1) is 42.5. The zero-order valence-electron chi connectivity index (χ0n) is 41.2. The summed E-state index contributed by atoms with van der Waals surface area (Å²) in [7, 11) is 0. The number of hydrogen-bond acceptors (Lipinski definition) is 3. The average molecular weight is 968 g/mol. The first-order chi connectivity index (χ1) is 37.7. The maximum absolute atomic E-state index is 7.44. The van der Waals surface area contributed by atoms with E-state index in [-0.39, 0.29) is 0 Å². The van der Waals surface area contributed by atoms with Crippen LogP contribution in [0.4, 0.5) is 17.1 Å². The fraction of sp³-hybridized carbons (Fsp3) is 0.0137. The summed E-state index contributed by atoms with van der Waals surface area (Å²) >= 11 is 0.